The number of nitrogens with zero attached hydrogens (tertiary/aromatic N) is 1. The quantitative estimate of drug-likeness (QED) is 0.0701. The van der Waals surface area contributed by atoms with E-state index in [9.17, 15) is 31.1 Å². The van der Waals surface area contributed by atoms with E-state index in [0.717, 1.165) is 12.0 Å². The fraction of sp³-hybridized carbons (Fsp3) is 0.167. The van der Waals surface area contributed by atoms with Gasteiger partial charge in [-0.05, 0) is 48.4 Å². The van der Waals surface area contributed by atoms with Gasteiger partial charge in [0.25, 0.3) is 0 Å². The molecule has 3 aromatic carbocycles. The van der Waals surface area contributed by atoms with Crippen LogP contribution in [-0.4, -0.2) is 56.2 Å². The number of amides is 1. The van der Waals surface area contributed by atoms with Crippen molar-refractivity contribution in [2.24, 2.45) is 11.5 Å². The first-order valence-electron chi connectivity index (χ1n) is 13.3. The molecule has 18 heteroatoms. The highest BCUT2D eigenvalue weighted by atomic mass is 19.4. The van der Waals surface area contributed by atoms with E-state index in [1.807, 2.05) is 13.0 Å². The Morgan fingerprint density at radius 1 is 0.917 bits per heavy atom. The normalized spacial score (nSPS) is 11.6. The number of halogens is 7. The van der Waals surface area contributed by atoms with Gasteiger partial charge in [-0.25, -0.2) is 19.0 Å². The van der Waals surface area contributed by atoms with Gasteiger partial charge in [0.15, 0.2) is 0 Å². The van der Waals surface area contributed by atoms with Crippen LogP contribution in [0.15, 0.2) is 72.9 Å². The number of carboxylic acids is 2. The monoisotopic (exact) mass is 684 g/mol. The van der Waals surface area contributed by atoms with E-state index < -0.39 is 36.2 Å². The molecule has 48 heavy (non-hydrogen) atoms. The van der Waals surface area contributed by atoms with Gasteiger partial charge in [0.2, 0.25) is 5.91 Å². The third-order valence-electron chi connectivity index (χ3n) is 6.12. The van der Waals surface area contributed by atoms with Crippen molar-refractivity contribution in [3.63, 3.8) is 0 Å². The number of H-pyrrole nitrogens is 1. The molecular formula is C30H27F7N6O5. The molecule has 1 atom stereocenters. The molecule has 0 fully saturated rings. The Morgan fingerprint density at radius 3 is 1.94 bits per heavy atom. The van der Waals surface area contributed by atoms with Crippen LogP contribution in [0.4, 0.5) is 36.4 Å². The summed E-state index contributed by atoms with van der Waals surface area (Å²) in [7, 11) is 0. The van der Waals surface area contributed by atoms with Crippen LogP contribution in [0.1, 0.15) is 45.8 Å². The molecule has 0 spiro atoms. The van der Waals surface area contributed by atoms with E-state index >= 15 is 4.39 Å². The van der Waals surface area contributed by atoms with Gasteiger partial charge >= 0.3 is 24.3 Å². The van der Waals surface area contributed by atoms with Crippen molar-refractivity contribution in [2.45, 2.75) is 31.7 Å². The van der Waals surface area contributed by atoms with E-state index in [-0.39, 0.29) is 11.7 Å². The maximum Gasteiger partial charge on any atom is 0.490 e. The predicted octanol–water partition coefficient (Wildman–Crippen LogP) is 5.63. The minimum absolute atomic E-state index is 0.0337. The number of carbonyl (C=O) groups excluding carboxylic acids is 1. The number of alkyl halides is 6. The molecule has 0 bridgehead atoms. The fourth-order valence-electron chi connectivity index (χ4n) is 3.79. The number of rotatable bonds is 8. The number of carbonyl (C=O) groups is 3. The zero-order valence-electron chi connectivity index (χ0n) is 24.6. The van der Waals surface area contributed by atoms with Crippen molar-refractivity contribution >= 4 is 29.4 Å². The molecule has 1 aromatic heterocycles. The molecule has 9 N–H and O–H groups in total. The number of nitrogens with two attached hydrogens (primary N) is 2. The van der Waals surface area contributed by atoms with Gasteiger partial charge in [-0.15, -0.1) is 0 Å². The first-order chi connectivity index (χ1) is 22.3. The average Bonchev–Trinajstić information content (AvgIpc) is 3.50. The number of nitrogen functional groups attached to an aromatic ring is 1. The smallest absolute Gasteiger partial charge is 0.475 e. The van der Waals surface area contributed by atoms with E-state index in [1.165, 1.54) is 6.07 Å². The van der Waals surface area contributed by atoms with E-state index in [0.29, 0.717) is 39.5 Å². The van der Waals surface area contributed by atoms with Crippen LogP contribution in [0, 0.1) is 11.2 Å². The lowest BCUT2D eigenvalue weighted by atomic mass is 10.0. The molecule has 0 saturated carbocycles. The molecule has 1 heterocycles. The van der Waals surface area contributed by atoms with E-state index in [4.69, 9.17) is 36.7 Å². The van der Waals surface area contributed by atoms with Crippen molar-refractivity contribution in [1.29, 1.82) is 5.41 Å². The highest BCUT2D eigenvalue weighted by Gasteiger charge is 2.38. The maximum atomic E-state index is 15.0. The molecular weight excluding hydrogens is 657 g/mol. The average molecular weight is 685 g/mol. The second kappa shape index (κ2) is 16.1. The van der Waals surface area contributed by atoms with Crippen LogP contribution in [0.2, 0.25) is 0 Å². The summed E-state index contributed by atoms with van der Waals surface area (Å²) < 4.78 is 78.5. The maximum absolute atomic E-state index is 15.0. The number of aromatic nitrogens is 2. The van der Waals surface area contributed by atoms with Crippen LogP contribution >= 0.6 is 0 Å². The Labute approximate surface area is 266 Å². The number of aromatic amines is 1. The van der Waals surface area contributed by atoms with Crippen LogP contribution in [0.3, 0.4) is 0 Å². The molecule has 0 aliphatic heterocycles. The standard InChI is InChI=1S/C26H25FN6O.2C2HF3O2/c1-2-15-7-12-21(27)20(13-15)23(32-17-10-8-16(9-11-17)24(28)29)26-31-14-22(33-26)18-5-3-4-6-19(18)25(30)34;2*3-2(4,5)1(6)7/h3-14,23,32H,2H2,1H3,(H3,28,29)(H2,30,34)(H,31,33);2*(H,6,7). The SMILES string of the molecule is CCc1ccc(F)c(C(Nc2ccc(C(=N)N)cc2)c2ncc(-c3ccccc3C(N)=O)[nH]2)c1.O=C(O)C(F)(F)F.O=C(O)C(F)(F)F. The zero-order valence-corrected chi connectivity index (χ0v) is 24.6. The van der Waals surface area contributed by atoms with Crippen LogP contribution in [0.5, 0.6) is 0 Å². The summed E-state index contributed by atoms with van der Waals surface area (Å²) in [6.07, 6.45) is -7.81. The number of benzene rings is 3. The second-order valence-electron chi connectivity index (χ2n) is 9.48. The highest BCUT2D eigenvalue weighted by Crippen LogP contribution is 2.31. The molecule has 4 rings (SSSR count). The van der Waals surface area contributed by atoms with Crippen molar-refractivity contribution in [2.75, 3.05) is 5.32 Å². The van der Waals surface area contributed by atoms with Gasteiger partial charge in [0, 0.05) is 27.9 Å². The summed E-state index contributed by atoms with van der Waals surface area (Å²) in [5.74, 6) is -6.00. The number of nitrogens with one attached hydrogen (secondary N) is 3. The summed E-state index contributed by atoms with van der Waals surface area (Å²) in [5, 5.41) is 25.2. The van der Waals surface area contributed by atoms with Gasteiger partial charge in [0.05, 0.1) is 11.9 Å². The summed E-state index contributed by atoms with van der Waals surface area (Å²) in [4.78, 5) is 37.4. The molecule has 1 unspecified atom stereocenters. The Hall–Kier alpha value is -5.94. The van der Waals surface area contributed by atoms with Crippen LogP contribution in [-0.2, 0) is 16.0 Å². The summed E-state index contributed by atoms with van der Waals surface area (Å²) in [5.41, 5.74) is 15.4. The number of carboxylic acid groups (broad SMARTS) is 2. The third kappa shape index (κ3) is 10.8. The lowest BCUT2D eigenvalue weighted by Crippen LogP contribution is -2.21. The number of imidazole rings is 1. The van der Waals surface area contributed by atoms with E-state index in [1.54, 1.807) is 60.8 Å². The predicted molar refractivity (Wildman–Crippen MR) is 159 cm³/mol. The third-order valence-corrected chi connectivity index (χ3v) is 6.12. The summed E-state index contributed by atoms with van der Waals surface area (Å²) in [6, 6.07) is 18.3. The summed E-state index contributed by atoms with van der Waals surface area (Å²) >= 11 is 0. The van der Waals surface area contributed by atoms with Gasteiger partial charge in [-0.3, -0.25) is 10.2 Å². The van der Waals surface area contributed by atoms with Gasteiger partial charge in [-0.2, -0.15) is 26.3 Å². The number of primary amides is 1. The number of hydrogen-bond acceptors (Lipinski definition) is 6. The number of aryl methyl sites for hydroxylation is 1. The van der Waals surface area contributed by atoms with Crippen molar-refractivity contribution in [3.8, 4) is 11.3 Å². The minimum atomic E-state index is -5.08. The molecule has 0 saturated heterocycles. The van der Waals surface area contributed by atoms with Crippen molar-refractivity contribution in [3.05, 3.63) is 107 Å². The number of amidine groups is 1. The Morgan fingerprint density at radius 2 is 1.46 bits per heavy atom. The Balaban J connectivity index is 0.000000479. The van der Waals surface area contributed by atoms with Crippen LogP contribution in [0.25, 0.3) is 11.3 Å². The lowest BCUT2D eigenvalue weighted by Gasteiger charge is -2.20. The molecule has 1 amide bonds. The molecule has 0 aliphatic carbocycles. The van der Waals surface area contributed by atoms with Gasteiger partial charge in [-0.1, -0.05) is 37.3 Å². The highest BCUT2D eigenvalue weighted by molar-refractivity contribution is 5.99. The second-order valence-corrected chi connectivity index (χ2v) is 9.48. The van der Waals surface area contributed by atoms with Crippen molar-refractivity contribution in [1.82, 2.24) is 9.97 Å². The topological polar surface area (TPSA) is 208 Å². The molecule has 4 aromatic rings. The lowest BCUT2D eigenvalue weighted by molar-refractivity contribution is -0.193. The summed E-state index contributed by atoms with van der Waals surface area (Å²) in [6.45, 7) is 2.01. The number of anilines is 1. The molecule has 11 nitrogen and oxygen atoms in total. The Kier molecular flexibility index (Phi) is 12.8. The molecule has 0 aliphatic rings. The first kappa shape index (κ1) is 38.2. The van der Waals surface area contributed by atoms with Crippen LogP contribution < -0.4 is 16.8 Å². The minimum Gasteiger partial charge on any atom is -0.475 e. The molecule has 0 radical (unpaired) electrons. The first-order valence-corrected chi connectivity index (χ1v) is 13.3. The number of aliphatic carboxylic acids is 2. The fourth-order valence-corrected chi connectivity index (χ4v) is 3.79. The van der Waals surface area contributed by atoms with Gasteiger partial charge in [0.1, 0.15) is 23.5 Å². The molecule has 256 valence electrons. The Bertz CT molecular complexity index is 1730. The van der Waals surface area contributed by atoms with E-state index in [2.05, 4.69) is 15.3 Å². The largest absolute Gasteiger partial charge is 0.490 e. The zero-order chi connectivity index (χ0) is 36.4. The van der Waals surface area contributed by atoms with Crippen molar-refractivity contribution < 1.29 is 55.3 Å². The number of hydrogen-bond donors (Lipinski definition) is 7. The van der Waals surface area contributed by atoms with Gasteiger partial charge < -0.3 is 32.0 Å².